The van der Waals surface area contributed by atoms with Crippen LogP contribution in [0.15, 0.2) is 52.3 Å². The highest BCUT2D eigenvalue weighted by molar-refractivity contribution is 7.99. The van der Waals surface area contributed by atoms with Crippen LogP contribution < -0.4 is 4.90 Å². The van der Waals surface area contributed by atoms with E-state index in [0.717, 1.165) is 15.5 Å². The van der Waals surface area contributed by atoms with E-state index in [0.29, 0.717) is 11.1 Å². The van der Waals surface area contributed by atoms with E-state index >= 15 is 0 Å². The third-order valence-corrected chi connectivity index (χ3v) is 3.78. The van der Waals surface area contributed by atoms with Crippen LogP contribution in [0.25, 0.3) is 0 Å². The SMILES string of the molecule is CN(C)c1cccc(Sc2ccc(C#N)c(C#N)c2)c1. The van der Waals surface area contributed by atoms with E-state index < -0.39 is 0 Å². The lowest BCUT2D eigenvalue weighted by Crippen LogP contribution is -2.08. The van der Waals surface area contributed by atoms with Crippen LogP contribution in [0.2, 0.25) is 0 Å². The minimum absolute atomic E-state index is 0.416. The van der Waals surface area contributed by atoms with Crippen molar-refractivity contribution in [3.8, 4) is 12.1 Å². The van der Waals surface area contributed by atoms with Crippen molar-refractivity contribution in [1.29, 1.82) is 10.5 Å². The lowest BCUT2D eigenvalue weighted by Gasteiger charge is -2.13. The molecule has 0 spiro atoms. The Morgan fingerprint density at radius 3 is 2.25 bits per heavy atom. The topological polar surface area (TPSA) is 50.8 Å². The van der Waals surface area contributed by atoms with E-state index in [9.17, 15) is 0 Å². The van der Waals surface area contributed by atoms with E-state index in [1.807, 2.05) is 49.3 Å². The molecule has 2 aromatic carbocycles. The first-order valence-electron chi connectivity index (χ1n) is 6.03. The normalized spacial score (nSPS) is 9.60. The molecule has 98 valence electrons. The van der Waals surface area contributed by atoms with Crippen LogP contribution in [-0.4, -0.2) is 14.1 Å². The van der Waals surface area contributed by atoms with Gasteiger partial charge in [0.1, 0.15) is 12.1 Å². The van der Waals surface area contributed by atoms with Gasteiger partial charge in [-0.25, -0.2) is 0 Å². The smallest absolute Gasteiger partial charge is 0.101 e. The van der Waals surface area contributed by atoms with E-state index in [1.54, 1.807) is 23.9 Å². The summed E-state index contributed by atoms with van der Waals surface area (Å²) in [5, 5.41) is 18.0. The minimum atomic E-state index is 0.416. The summed E-state index contributed by atoms with van der Waals surface area (Å²) in [6, 6.07) is 17.6. The van der Waals surface area contributed by atoms with Crippen LogP contribution >= 0.6 is 11.8 Å². The van der Waals surface area contributed by atoms with Crippen LogP contribution in [0.1, 0.15) is 11.1 Å². The molecule has 20 heavy (non-hydrogen) atoms. The molecule has 0 amide bonds. The monoisotopic (exact) mass is 279 g/mol. The predicted molar refractivity (Wildman–Crippen MR) is 80.8 cm³/mol. The third-order valence-electron chi connectivity index (χ3n) is 2.80. The maximum absolute atomic E-state index is 9.04. The van der Waals surface area contributed by atoms with Gasteiger partial charge in [-0.3, -0.25) is 0 Å². The number of nitriles is 2. The number of hydrogen-bond donors (Lipinski definition) is 0. The first kappa shape index (κ1) is 14.0. The van der Waals surface area contributed by atoms with E-state index in [2.05, 4.69) is 12.1 Å². The summed E-state index contributed by atoms with van der Waals surface area (Å²) >= 11 is 1.58. The van der Waals surface area contributed by atoms with Crippen molar-refractivity contribution in [2.45, 2.75) is 9.79 Å². The summed E-state index contributed by atoms with van der Waals surface area (Å²) in [5.74, 6) is 0. The second kappa shape index (κ2) is 6.14. The van der Waals surface area contributed by atoms with Crippen LogP contribution in [0, 0.1) is 22.7 Å². The highest BCUT2D eigenvalue weighted by atomic mass is 32.2. The van der Waals surface area contributed by atoms with Crippen molar-refractivity contribution in [2.75, 3.05) is 19.0 Å². The molecule has 0 atom stereocenters. The maximum atomic E-state index is 9.04. The molecule has 4 heteroatoms. The third kappa shape index (κ3) is 3.12. The Morgan fingerprint density at radius 2 is 1.60 bits per heavy atom. The molecular formula is C16H13N3S. The van der Waals surface area contributed by atoms with Gasteiger partial charge in [0.2, 0.25) is 0 Å². The molecule has 3 nitrogen and oxygen atoms in total. The number of nitrogens with zero attached hydrogens (tertiary/aromatic N) is 3. The van der Waals surface area contributed by atoms with Gasteiger partial charge in [0.05, 0.1) is 11.1 Å². The van der Waals surface area contributed by atoms with Crippen molar-refractivity contribution in [3.63, 3.8) is 0 Å². The van der Waals surface area contributed by atoms with E-state index in [1.165, 1.54) is 0 Å². The molecule has 0 fully saturated rings. The van der Waals surface area contributed by atoms with Crippen molar-refractivity contribution < 1.29 is 0 Å². The lowest BCUT2D eigenvalue weighted by atomic mass is 10.1. The average molecular weight is 279 g/mol. The zero-order valence-corrected chi connectivity index (χ0v) is 12.1. The molecule has 0 radical (unpaired) electrons. The second-order valence-electron chi connectivity index (χ2n) is 4.42. The fraction of sp³-hybridized carbons (Fsp3) is 0.125. The summed E-state index contributed by atoms with van der Waals surface area (Å²) in [5.41, 5.74) is 1.96. The van der Waals surface area contributed by atoms with Crippen molar-refractivity contribution in [3.05, 3.63) is 53.6 Å². The number of rotatable bonds is 3. The van der Waals surface area contributed by atoms with Crippen molar-refractivity contribution in [1.82, 2.24) is 0 Å². The summed E-state index contributed by atoms with van der Waals surface area (Å²) in [6.45, 7) is 0. The van der Waals surface area contributed by atoms with Crippen molar-refractivity contribution in [2.24, 2.45) is 0 Å². The van der Waals surface area contributed by atoms with Crippen LogP contribution in [0.4, 0.5) is 5.69 Å². The van der Waals surface area contributed by atoms with Gasteiger partial charge in [0, 0.05) is 29.6 Å². The first-order chi connectivity index (χ1) is 9.63. The molecule has 0 unspecified atom stereocenters. The number of hydrogen-bond acceptors (Lipinski definition) is 4. The largest absolute Gasteiger partial charge is 0.378 e. The Kier molecular flexibility index (Phi) is 4.30. The van der Waals surface area contributed by atoms with Gasteiger partial charge in [-0.15, -0.1) is 0 Å². The van der Waals surface area contributed by atoms with Gasteiger partial charge in [0.25, 0.3) is 0 Å². The van der Waals surface area contributed by atoms with Gasteiger partial charge in [-0.05, 0) is 36.4 Å². The van der Waals surface area contributed by atoms with Crippen LogP contribution in [0.5, 0.6) is 0 Å². The molecule has 0 aromatic heterocycles. The standard InChI is InChI=1S/C16H13N3S/c1-19(2)14-4-3-5-15(9-14)20-16-7-6-12(10-17)13(8-16)11-18/h3-9H,1-2H3. The summed E-state index contributed by atoms with van der Waals surface area (Å²) in [4.78, 5) is 4.10. The van der Waals surface area contributed by atoms with E-state index in [-0.39, 0.29) is 0 Å². The molecular weight excluding hydrogens is 266 g/mol. The minimum Gasteiger partial charge on any atom is -0.378 e. The summed E-state index contributed by atoms with van der Waals surface area (Å²) in [7, 11) is 4.00. The highest BCUT2D eigenvalue weighted by Crippen LogP contribution is 2.31. The van der Waals surface area contributed by atoms with Crippen LogP contribution in [0.3, 0.4) is 0 Å². The first-order valence-corrected chi connectivity index (χ1v) is 6.85. The number of anilines is 1. The Balaban J connectivity index is 2.29. The van der Waals surface area contributed by atoms with Crippen molar-refractivity contribution >= 4 is 17.4 Å². The quantitative estimate of drug-likeness (QED) is 0.860. The summed E-state index contributed by atoms with van der Waals surface area (Å²) < 4.78 is 0. The van der Waals surface area contributed by atoms with E-state index in [4.69, 9.17) is 10.5 Å². The lowest BCUT2D eigenvalue weighted by molar-refractivity contribution is 1.12. The summed E-state index contributed by atoms with van der Waals surface area (Å²) in [6.07, 6.45) is 0. The Morgan fingerprint density at radius 1 is 0.900 bits per heavy atom. The average Bonchev–Trinajstić information content (AvgIpc) is 2.47. The Labute approximate surface area is 123 Å². The molecule has 0 heterocycles. The molecule has 2 aromatic rings. The van der Waals surface area contributed by atoms with Gasteiger partial charge in [-0.2, -0.15) is 10.5 Å². The molecule has 0 aliphatic rings. The zero-order chi connectivity index (χ0) is 14.5. The molecule has 2 rings (SSSR count). The molecule has 0 N–H and O–H groups in total. The number of benzene rings is 2. The molecule has 0 aliphatic heterocycles. The molecule has 0 bridgehead atoms. The fourth-order valence-corrected chi connectivity index (χ4v) is 2.65. The van der Waals surface area contributed by atoms with Gasteiger partial charge >= 0.3 is 0 Å². The maximum Gasteiger partial charge on any atom is 0.101 e. The zero-order valence-electron chi connectivity index (χ0n) is 11.3. The molecule has 0 saturated carbocycles. The second-order valence-corrected chi connectivity index (χ2v) is 5.57. The Bertz CT molecular complexity index is 708. The molecule has 0 aliphatic carbocycles. The van der Waals surface area contributed by atoms with Gasteiger partial charge in [0.15, 0.2) is 0 Å². The van der Waals surface area contributed by atoms with Crippen LogP contribution in [-0.2, 0) is 0 Å². The fourth-order valence-electron chi connectivity index (χ4n) is 1.74. The predicted octanol–water partition coefficient (Wildman–Crippen LogP) is 3.65. The Hall–Kier alpha value is -2.43. The van der Waals surface area contributed by atoms with Gasteiger partial charge < -0.3 is 4.90 Å². The van der Waals surface area contributed by atoms with Gasteiger partial charge in [-0.1, -0.05) is 17.8 Å². The molecule has 0 saturated heterocycles. The highest BCUT2D eigenvalue weighted by Gasteiger charge is 2.05.